The fourth-order valence-corrected chi connectivity index (χ4v) is 6.70. The predicted molar refractivity (Wildman–Crippen MR) is 188 cm³/mol. The summed E-state index contributed by atoms with van der Waals surface area (Å²) in [5.74, 6) is -0.781. The van der Waals surface area contributed by atoms with E-state index in [0.29, 0.717) is 37.1 Å². The summed E-state index contributed by atoms with van der Waals surface area (Å²) >= 11 is 0. The standard InChI is InChI=1S/C39H41FN6O4/c1-26-5-2-8-36-44-35(25-46(26)36)38(48)43-32-15-13-31(14-16-32)42-37(47)34-22-30(40)23-41-39(34)50-33-7-3-6-29(21-33)28-11-9-27(10-12-28)24-45-17-4-19-49-20-18-45/h2-3,5-12,21-23,25,31-32H,4,13-20,24H2,1H3,(H,42,47)(H,43,48)/t31-,32+. The van der Waals surface area contributed by atoms with Crippen molar-refractivity contribution in [3.63, 3.8) is 0 Å². The number of nitrogens with zero attached hydrogens (tertiary/aromatic N) is 4. The van der Waals surface area contributed by atoms with E-state index in [1.165, 1.54) is 5.56 Å². The van der Waals surface area contributed by atoms with Gasteiger partial charge in [0.25, 0.3) is 11.8 Å². The van der Waals surface area contributed by atoms with Crippen molar-refractivity contribution in [3.8, 4) is 22.8 Å². The number of fused-ring (bicyclic) bond motifs is 1. The second-order valence-corrected chi connectivity index (χ2v) is 13.1. The number of halogens is 1. The van der Waals surface area contributed by atoms with Gasteiger partial charge in [-0.2, -0.15) is 0 Å². The number of aryl methyl sites for hydroxylation is 1. The number of hydrogen-bond acceptors (Lipinski definition) is 7. The highest BCUT2D eigenvalue weighted by Gasteiger charge is 2.26. The van der Waals surface area contributed by atoms with E-state index in [4.69, 9.17) is 9.47 Å². The summed E-state index contributed by atoms with van der Waals surface area (Å²) in [6, 6.07) is 22.8. The van der Waals surface area contributed by atoms with Crippen LogP contribution in [0.3, 0.4) is 0 Å². The van der Waals surface area contributed by atoms with Gasteiger partial charge in [0, 0.05) is 50.2 Å². The number of nitrogens with one attached hydrogen (secondary N) is 2. The number of amides is 2. The molecule has 4 heterocycles. The molecule has 2 aliphatic rings. The van der Waals surface area contributed by atoms with Crippen molar-refractivity contribution in [2.75, 3.05) is 26.3 Å². The van der Waals surface area contributed by atoms with Crippen molar-refractivity contribution in [2.45, 2.75) is 57.7 Å². The summed E-state index contributed by atoms with van der Waals surface area (Å²) in [6.45, 7) is 6.41. The Morgan fingerprint density at radius 1 is 0.900 bits per heavy atom. The van der Waals surface area contributed by atoms with Crippen LogP contribution in [0.4, 0.5) is 4.39 Å². The van der Waals surface area contributed by atoms with Crippen molar-refractivity contribution in [1.29, 1.82) is 0 Å². The van der Waals surface area contributed by atoms with Gasteiger partial charge in [0.1, 0.15) is 28.5 Å². The van der Waals surface area contributed by atoms with E-state index in [9.17, 15) is 14.0 Å². The van der Waals surface area contributed by atoms with E-state index in [2.05, 4.69) is 49.8 Å². The number of carbonyl (C=O) groups is 2. The van der Waals surface area contributed by atoms with E-state index in [0.717, 1.165) is 74.0 Å². The zero-order valence-corrected chi connectivity index (χ0v) is 28.1. The molecule has 1 aliphatic heterocycles. The van der Waals surface area contributed by atoms with Gasteiger partial charge in [-0.25, -0.2) is 14.4 Å². The van der Waals surface area contributed by atoms with Crippen molar-refractivity contribution in [3.05, 3.63) is 114 Å². The lowest BCUT2D eigenvalue weighted by atomic mass is 9.91. The van der Waals surface area contributed by atoms with Crippen LogP contribution in [0.5, 0.6) is 11.6 Å². The number of rotatable bonds is 9. The summed E-state index contributed by atoms with van der Waals surface area (Å²) in [5.41, 5.74) is 5.34. The smallest absolute Gasteiger partial charge is 0.271 e. The molecule has 0 spiro atoms. The first-order valence-corrected chi connectivity index (χ1v) is 17.3. The van der Waals surface area contributed by atoms with Crippen molar-refractivity contribution in [2.24, 2.45) is 0 Å². The number of ether oxygens (including phenoxy) is 2. The Morgan fingerprint density at radius 3 is 2.44 bits per heavy atom. The summed E-state index contributed by atoms with van der Waals surface area (Å²) < 4.78 is 27.9. The second-order valence-electron chi connectivity index (χ2n) is 13.1. The first kappa shape index (κ1) is 33.4. The van der Waals surface area contributed by atoms with Gasteiger partial charge in [-0.15, -0.1) is 0 Å². The zero-order chi connectivity index (χ0) is 34.5. The van der Waals surface area contributed by atoms with Crippen LogP contribution in [0.25, 0.3) is 16.8 Å². The third-order valence-corrected chi connectivity index (χ3v) is 9.45. The van der Waals surface area contributed by atoms with Gasteiger partial charge in [-0.1, -0.05) is 42.5 Å². The van der Waals surface area contributed by atoms with E-state index < -0.39 is 11.7 Å². The van der Waals surface area contributed by atoms with Gasteiger partial charge in [0.15, 0.2) is 0 Å². The lowest BCUT2D eigenvalue weighted by Crippen LogP contribution is -2.44. The Bertz CT molecular complexity index is 1960. The zero-order valence-electron chi connectivity index (χ0n) is 28.1. The average molecular weight is 677 g/mol. The normalized spacial score (nSPS) is 18.4. The summed E-state index contributed by atoms with van der Waals surface area (Å²) in [5, 5.41) is 6.12. The van der Waals surface area contributed by atoms with Crippen molar-refractivity contribution >= 4 is 17.5 Å². The quantitative estimate of drug-likeness (QED) is 0.188. The minimum atomic E-state index is -0.627. The molecule has 10 nitrogen and oxygen atoms in total. The molecular weight excluding hydrogens is 635 g/mol. The molecule has 11 heteroatoms. The first-order chi connectivity index (χ1) is 24.4. The molecule has 7 rings (SSSR count). The lowest BCUT2D eigenvalue weighted by Gasteiger charge is -2.29. The van der Waals surface area contributed by atoms with Crippen LogP contribution in [0.15, 0.2) is 85.2 Å². The molecular formula is C39H41FN6O4. The van der Waals surface area contributed by atoms with Crippen LogP contribution >= 0.6 is 0 Å². The highest BCUT2D eigenvalue weighted by molar-refractivity contribution is 5.96. The molecule has 2 N–H and O–H groups in total. The highest BCUT2D eigenvalue weighted by Crippen LogP contribution is 2.29. The Kier molecular flexibility index (Phi) is 10.1. The molecule has 0 bridgehead atoms. The molecule has 0 radical (unpaired) electrons. The van der Waals surface area contributed by atoms with E-state index in [1.807, 2.05) is 47.7 Å². The Hall–Kier alpha value is -5.13. The van der Waals surface area contributed by atoms with Gasteiger partial charge in [0.2, 0.25) is 5.88 Å². The molecule has 0 unspecified atom stereocenters. The van der Waals surface area contributed by atoms with Crippen LogP contribution in [0.1, 0.15) is 64.2 Å². The Balaban J connectivity index is 0.952. The van der Waals surface area contributed by atoms with Gasteiger partial charge >= 0.3 is 0 Å². The number of imidazole rings is 1. The molecule has 2 aromatic carbocycles. The molecule has 1 saturated carbocycles. The number of aromatic nitrogens is 3. The number of hydrogen-bond donors (Lipinski definition) is 2. The number of carbonyl (C=O) groups excluding carboxylic acids is 2. The van der Waals surface area contributed by atoms with E-state index in [1.54, 1.807) is 12.3 Å². The maximum Gasteiger partial charge on any atom is 0.271 e. The molecule has 2 fully saturated rings. The summed E-state index contributed by atoms with van der Waals surface area (Å²) in [4.78, 5) is 37.4. The maximum atomic E-state index is 14.4. The monoisotopic (exact) mass is 676 g/mol. The predicted octanol–water partition coefficient (Wildman–Crippen LogP) is 6.33. The molecule has 1 saturated heterocycles. The molecule has 50 heavy (non-hydrogen) atoms. The van der Waals surface area contributed by atoms with Crippen LogP contribution in [0, 0.1) is 12.7 Å². The van der Waals surface area contributed by atoms with Crippen LogP contribution in [0.2, 0.25) is 0 Å². The van der Waals surface area contributed by atoms with Crippen molar-refractivity contribution in [1.82, 2.24) is 29.9 Å². The van der Waals surface area contributed by atoms with Crippen LogP contribution in [-0.4, -0.2) is 69.5 Å². The molecule has 0 atom stereocenters. The topological polar surface area (TPSA) is 110 Å². The summed E-state index contributed by atoms with van der Waals surface area (Å²) in [6.07, 6.45) is 6.54. The molecule has 5 aromatic rings. The first-order valence-electron chi connectivity index (χ1n) is 17.3. The van der Waals surface area contributed by atoms with E-state index >= 15 is 0 Å². The Labute approximate surface area is 290 Å². The minimum Gasteiger partial charge on any atom is -0.438 e. The largest absolute Gasteiger partial charge is 0.438 e. The highest BCUT2D eigenvalue weighted by atomic mass is 19.1. The second kappa shape index (κ2) is 15.2. The van der Waals surface area contributed by atoms with Crippen molar-refractivity contribution < 1.29 is 23.5 Å². The molecule has 2 amide bonds. The summed E-state index contributed by atoms with van der Waals surface area (Å²) in [7, 11) is 0. The van der Waals surface area contributed by atoms with Gasteiger partial charge in [-0.05, 0) is 86.1 Å². The van der Waals surface area contributed by atoms with Gasteiger partial charge in [0.05, 0.1) is 12.8 Å². The van der Waals surface area contributed by atoms with Gasteiger partial charge < -0.3 is 24.5 Å². The number of pyridine rings is 2. The molecule has 1 aliphatic carbocycles. The Morgan fingerprint density at radius 2 is 1.66 bits per heavy atom. The SMILES string of the molecule is Cc1cccc2nc(C(=O)N[C@H]3CC[C@@H](NC(=O)c4cc(F)cnc4Oc4cccc(-c5ccc(CN6CCCOCC6)cc5)c4)CC3)cn12. The van der Waals surface area contributed by atoms with Gasteiger partial charge in [-0.3, -0.25) is 14.5 Å². The lowest BCUT2D eigenvalue weighted by molar-refractivity contribution is 0.0888. The van der Waals surface area contributed by atoms with Crippen LogP contribution in [-0.2, 0) is 11.3 Å². The molecule has 3 aromatic heterocycles. The third kappa shape index (κ3) is 8.01. The van der Waals surface area contributed by atoms with E-state index in [-0.39, 0.29) is 29.4 Å². The fourth-order valence-electron chi connectivity index (χ4n) is 6.70. The minimum absolute atomic E-state index is 0.0243. The third-order valence-electron chi connectivity index (χ3n) is 9.45. The fraction of sp³-hybridized carbons (Fsp3) is 0.333. The number of benzene rings is 2. The molecule has 258 valence electrons. The average Bonchev–Trinajstić information content (AvgIpc) is 3.42. The van der Waals surface area contributed by atoms with Crippen LogP contribution < -0.4 is 15.4 Å². The maximum absolute atomic E-state index is 14.4.